The van der Waals surface area contributed by atoms with Crippen molar-refractivity contribution in [1.82, 2.24) is 14.1 Å². The van der Waals surface area contributed by atoms with Crippen molar-refractivity contribution in [3.63, 3.8) is 0 Å². The quantitative estimate of drug-likeness (QED) is 0.144. The molecule has 7 aromatic carbocycles. The predicted molar refractivity (Wildman–Crippen MR) is 203 cm³/mol. The fourth-order valence-corrected chi connectivity index (χ4v) is 12.8. The van der Waals surface area contributed by atoms with Crippen LogP contribution >= 0.6 is 0 Å². The first-order valence-electron chi connectivity index (χ1n) is 16.7. The van der Waals surface area contributed by atoms with Crippen molar-refractivity contribution in [3.8, 4) is 17.4 Å². The molecule has 1 aliphatic rings. The Bertz CT molecular complexity index is 2560. The van der Waals surface area contributed by atoms with Crippen LogP contribution < -0.4 is 25.5 Å². The highest BCUT2D eigenvalue weighted by molar-refractivity contribution is 7.20. The van der Waals surface area contributed by atoms with E-state index >= 15 is 0 Å². The predicted octanol–water partition coefficient (Wildman–Crippen LogP) is 7.39. The molecule has 0 amide bonds. The first-order chi connectivity index (χ1) is 24.3. The first kappa shape index (κ1) is 27.9. The van der Waals surface area contributed by atoms with E-state index in [1.54, 1.807) is 0 Å². The number of hydrogen-bond donors (Lipinski definition) is 0. The zero-order valence-electron chi connectivity index (χ0n) is 26.7. The van der Waals surface area contributed by atoms with Gasteiger partial charge in [-0.05, 0) is 63.2 Å². The molecule has 0 spiro atoms. The van der Waals surface area contributed by atoms with Crippen LogP contribution in [0.15, 0.2) is 176 Å². The van der Waals surface area contributed by atoms with Gasteiger partial charge in [-0.3, -0.25) is 4.57 Å². The van der Waals surface area contributed by atoms with Crippen molar-refractivity contribution in [2.45, 2.75) is 6.61 Å². The summed E-state index contributed by atoms with van der Waals surface area (Å²) in [7, 11) is -2.68. The second-order valence-corrected chi connectivity index (χ2v) is 16.6. The molecule has 0 fully saturated rings. The Kier molecular flexibility index (Phi) is 6.23. The number of benzene rings is 7. The van der Waals surface area contributed by atoms with Crippen LogP contribution in [0.4, 0.5) is 0 Å². The molecule has 0 aliphatic carbocycles. The van der Waals surface area contributed by atoms with Crippen LogP contribution in [0.25, 0.3) is 44.2 Å². The van der Waals surface area contributed by atoms with Gasteiger partial charge in [0.2, 0.25) is 0 Å². The fraction of sp³-hybridized carbons (Fsp3) is 0.0227. The van der Waals surface area contributed by atoms with Gasteiger partial charge in [0.1, 0.15) is 6.61 Å². The molecule has 2 aromatic heterocycles. The zero-order valence-corrected chi connectivity index (χ0v) is 27.7. The summed E-state index contributed by atoms with van der Waals surface area (Å²) in [4.78, 5) is 4.74. The van der Waals surface area contributed by atoms with E-state index in [-0.39, 0.29) is 0 Å². The molecule has 0 N–H and O–H groups in total. The van der Waals surface area contributed by atoms with Gasteiger partial charge in [0, 0.05) is 22.0 Å². The number of aromatic nitrogens is 3. The molecule has 1 aliphatic heterocycles. The third-order valence-electron chi connectivity index (χ3n) is 10.2. The molecular formula is C44H31N3OSi. The van der Waals surface area contributed by atoms with Crippen LogP contribution in [0.1, 0.15) is 5.56 Å². The van der Waals surface area contributed by atoms with E-state index in [0.717, 1.165) is 28.0 Å². The average molecular weight is 646 g/mol. The van der Waals surface area contributed by atoms with Crippen molar-refractivity contribution < 1.29 is 4.74 Å². The Hall–Kier alpha value is -6.17. The summed E-state index contributed by atoms with van der Waals surface area (Å²) in [6.45, 7) is 0.479. The molecule has 9 aromatic rings. The average Bonchev–Trinajstić information content (AvgIpc) is 3.72. The highest BCUT2D eigenvalue weighted by Crippen LogP contribution is 2.36. The minimum Gasteiger partial charge on any atom is -0.459 e. The van der Waals surface area contributed by atoms with E-state index in [4.69, 9.17) is 9.72 Å². The molecule has 10 rings (SSSR count). The van der Waals surface area contributed by atoms with Gasteiger partial charge in [0.25, 0.3) is 0 Å². The van der Waals surface area contributed by atoms with Crippen molar-refractivity contribution >= 4 is 61.7 Å². The van der Waals surface area contributed by atoms with Crippen LogP contribution in [0.2, 0.25) is 0 Å². The van der Waals surface area contributed by atoms with Crippen LogP contribution in [0.3, 0.4) is 0 Å². The Labute approximate surface area is 285 Å². The smallest absolute Gasteiger partial charge is 0.302 e. The van der Waals surface area contributed by atoms with Crippen molar-refractivity contribution in [2.24, 2.45) is 0 Å². The third-order valence-corrected chi connectivity index (χ3v) is 15.0. The largest absolute Gasteiger partial charge is 0.459 e. The number of ether oxygens (including phenoxy) is 1. The normalized spacial score (nSPS) is 12.6. The van der Waals surface area contributed by atoms with Gasteiger partial charge >= 0.3 is 6.01 Å². The van der Waals surface area contributed by atoms with Gasteiger partial charge in [0.15, 0.2) is 8.07 Å². The van der Waals surface area contributed by atoms with Crippen molar-refractivity contribution in [2.75, 3.05) is 0 Å². The van der Waals surface area contributed by atoms with Gasteiger partial charge in [-0.25, -0.2) is 0 Å². The van der Waals surface area contributed by atoms with Gasteiger partial charge in [-0.1, -0.05) is 133 Å². The van der Waals surface area contributed by atoms with Crippen LogP contribution in [-0.2, 0) is 6.61 Å². The monoisotopic (exact) mass is 645 g/mol. The molecule has 3 heterocycles. The number of hydrogen-bond acceptors (Lipinski definition) is 2. The Balaban J connectivity index is 1.22. The van der Waals surface area contributed by atoms with E-state index < -0.39 is 8.07 Å². The van der Waals surface area contributed by atoms with E-state index in [1.165, 1.54) is 42.6 Å². The van der Waals surface area contributed by atoms with E-state index in [0.29, 0.717) is 12.6 Å². The first-order valence-corrected chi connectivity index (χ1v) is 18.7. The minimum atomic E-state index is -2.68. The molecule has 0 atom stereocenters. The summed E-state index contributed by atoms with van der Waals surface area (Å²) in [5.41, 5.74) is 7.74. The maximum absolute atomic E-state index is 6.21. The molecule has 49 heavy (non-hydrogen) atoms. The lowest BCUT2D eigenvalue weighted by atomic mass is 10.1. The fourth-order valence-electron chi connectivity index (χ4n) is 8.07. The molecule has 0 bridgehead atoms. The summed E-state index contributed by atoms with van der Waals surface area (Å²) < 4.78 is 10.8. The molecule has 4 nitrogen and oxygen atoms in total. The van der Waals surface area contributed by atoms with E-state index in [9.17, 15) is 0 Å². The Morgan fingerprint density at radius 3 is 1.76 bits per heavy atom. The van der Waals surface area contributed by atoms with Crippen LogP contribution in [0.5, 0.6) is 6.01 Å². The second kappa shape index (κ2) is 10.9. The minimum absolute atomic E-state index is 0.479. The van der Waals surface area contributed by atoms with Crippen LogP contribution in [0, 0.1) is 0 Å². The van der Waals surface area contributed by atoms with Gasteiger partial charge < -0.3 is 9.30 Å². The number of imidazole rings is 1. The van der Waals surface area contributed by atoms with Gasteiger partial charge in [-0.15, -0.1) is 0 Å². The molecule has 0 saturated heterocycles. The lowest BCUT2D eigenvalue weighted by Crippen LogP contribution is -2.74. The third kappa shape index (κ3) is 4.12. The Morgan fingerprint density at radius 2 is 1.06 bits per heavy atom. The number of rotatable bonds is 5. The molecule has 5 heteroatoms. The Morgan fingerprint density at radius 1 is 0.469 bits per heavy atom. The topological polar surface area (TPSA) is 32.0 Å². The van der Waals surface area contributed by atoms with Crippen molar-refractivity contribution in [1.29, 1.82) is 0 Å². The van der Waals surface area contributed by atoms with E-state index in [2.05, 4.69) is 173 Å². The number of fused-ring (bicyclic) bond motifs is 8. The number of para-hydroxylation sites is 3. The molecular weight excluding hydrogens is 615 g/mol. The molecule has 0 unspecified atom stereocenters. The molecule has 232 valence electrons. The summed E-state index contributed by atoms with van der Waals surface area (Å²) in [6.07, 6.45) is 0. The summed E-state index contributed by atoms with van der Waals surface area (Å²) in [6, 6.07) is 65.0. The summed E-state index contributed by atoms with van der Waals surface area (Å²) in [5, 5.41) is 7.98. The SMILES string of the molecule is c1ccc([Si](c2ccccc2)(c2ccccc2)c2ccc3c(c2)c2ccccc2n3-c2ccc3c(c2)COc2nc4ccccc4n2-3)cc1. The highest BCUT2D eigenvalue weighted by atomic mass is 28.3. The maximum Gasteiger partial charge on any atom is 0.302 e. The lowest BCUT2D eigenvalue weighted by molar-refractivity contribution is 0.265. The summed E-state index contributed by atoms with van der Waals surface area (Å²) >= 11 is 0. The molecule has 0 radical (unpaired) electrons. The molecule has 0 saturated carbocycles. The van der Waals surface area contributed by atoms with E-state index in [1.807, 2.05) is 12.1 Å². The standard InChI is InChI=1S/C44H31N3OSi/c1-4-14-33(15-5-1)49(34-16-6-2-7-17-34,35-18-8-3-9-19-35)36-25-27-42-38(29-36)37-20-10-12-22-41(37)46(42)32-24-26-40-31(28-32)30-48-44-45-39-21-11-13-23-43(39)47(40)44/h1-29H,30H2. The van der Waals surface area contributed by atoms with Crippen LogP contribution in [-0.4, -0.2) is 22.2 Å². The van der Waals surface area contributed by atoms with Gasteiger partial charge in [0.05, 0.1) is 27.8 Å². The zero-order chi connectivity index (χ0) is 32.4. The van der Waals surface area contributed by atoms with Gasteiger partial charge in [-0.2, -0.15) is 4.98 Å². The maximum atomic E-state index is 6.21. The number of nitrogens with zero attached hydrogens (tertiary/aromatic N) is 3. The second-order valence-electron chi connectivity index (χ2n) is 12.8. The highest BCUT2D eigenvalue weighted by Gasteiger charge is 2.41. The summed E-state index contributed by atoms with van der Waals surface area (Å²) in [5.74, 6) is 0. The lowest BCUT2D eigenvalue weighted by Gasteiger charge is -2.34. The van der Waals surface area contributed by atoms with Crippen molar-refractivity contribution in [3.05, 3.63) is 181 Å².